The van der Waals surface area contributed by atoms with Crippen LogP contribution in [0.1, 0.15) is 39.2 Å². The first-order chi connectivity index (χ1) is 10.0. The minimum atomic E-state index is 0.106. The molecule has 1 aromatic carbocycles. The molecule has 0 aliphatic carbocycles. The molecule has 0 aromatic heterocycles. The predicted molar refractivity (Wildman–Crippen MR) is 87.3 cm³/mol. The molecule has 0 saturated carbocycles. The molecule has 3 nitrogen and oxygen atoms in total. The first kappa shape index (κ1) is 15.9. The van der Waals surface area contributed by atoms with Crippen LogP contribution in [0.2, 0.25) is 0 Å². The zero-order valence-corrected chi connectivity index (χ0v) is 13.5. The first-order valence-corrected chi connectivity index (χ1v) is 8.14. The number of benzene rings is 1. The zero-order chi connectivity index (χ0) is 15.2. The summed E-state index contributed by atoms with van der Waals surface area (Å²) >= 11 is 0. The number of likely N-dealkylation sites (tertiary alicyclic amines) is 1. The largest absolute Gasteiger partial charge is 0.336 e. The van der Waals surface area contributed by atoms with E-state index >= 15 is 0 Å². The predicted octanol–water partition coefficient (Wildman–Crippen LogP) is 3.70. The molecule has 2 amide bonds. The second-order valence-corrected chi connectivity index (χ2v) is 6.73. The highest BCUT2D eigenvalue weighted by atomic mass is 16.2. The quantitative estimate of drug-likeness (QED) is 0.900. The van der Waals surface area contributed by atoms with Crippen molar-refractivity contribution in [3.05, 3.63) is 35.9 Å². The van der Waals surface area contributed by atoms with Crippen molar-refractivity contribution in [2.24, 2.45) is 11.8 Å². The average molecular weight is 288 g/mol. The van der Waals surface area contributed by atoms with Gasteiger partial charge in [-0.1, -0.05) is 44.2 Å². The molecule has 1 N–H and O–H groups in total. The van der Waals surface area contributed by atoms with Gasteiger partial charge < -0.3 is 10.2 Å². The number of hydrogen-bond acceptors (Lipinski definition) is 1. The van der Waals surface area contributed by atoms with Crippen molar-refractivity contribution < 1.29 is 4.79 Å². The molecule has 1 heterocycles. The number of carbonyl (C=O) groups excluding carboxylic acids is 1. The first-order valence-electron chi connectivity index (χ1n) is 8.14. The fraction of sp³-hybridized carbons (Fsp3) is 0.611. The van der Waals surface area contributed by atoms with E-state index in [1.54, 1.807) is 0 Å². The van der Waals surface area contributed by atoms with Crippen LogP contribution in [0, 0.1) is 11.8 Å². The summed E-state index contributed by atoms with van der Waals surface area (Å²) < 4.78 is 0. The van der Waals surface area contributed by atoms with Crippen LogP contribution in [-0.4, -0.2) is 30.1 Å². The van der Waals surface area contributed by atoms with Crippen molar-refractivity contribution in [1.29, 1.82) is 0 Å². The highest BCUT2D eigenvalue weighted by Crippen LogP contribution is 2.20. The van der Waals surface area contributed by atoms with Crippen molar-refractivity contribution in [1.82, 2.24) is 10.2 Å². The van der Waals surface area contributed by atoms with Gasteiger partial charge in [-0.2, -0.15) is 0 Å². The number of aryl methyl sites for hydroxylation is 1. The SMILES string of the molecule is CC1CC(C)CN(C(=O)NC(C)CCc2ccccc2)C1. The summed E-state index contributed by atoms with van der Waals surface area (Å²) in [7, 11) is 0. The number of nitrogens with one attached hydrogen (secondary N) is 1. The Morgan fingerprint density at radius 3 is 2.48 bits per heavy atom. The van der Waals surface area contributed by atoms with E-state index in [2.05, 4.69) is 50.4 Å². The van der Waals surface area contributed by atoms with Crippen LogP contribution in [-0.2, 0) is 6.42 Å². The molecule has 1 aliphatic rings. The number of urea groups is 1. The van der Waals surface area contributed by atoms with Crippen LogP contribution in [0.3, 0.4) is 0 Å². The van der Waals surface area contributed by atoms with Crippen LogP contribution < -0.4 is 5.32 Å². The van der Waals surface area contributed by atoms with E-state index in [1.165, 1.54) is 12.0 Å². The van der Waals surface area contributed by atoms with Crippen molar-refractivity contribution in [2.75, 3.05) is 13.1 Å². The third-order valence-corrected chi connectivity index (χ3v) is 4.23. The molecule has 0 radical (unpaired) electrons. The second kappa shape index (κ2) is 7.48. The molecule has 1 aromatic rings. The Morgan fingerprint density at radius 2 is 1.86 bits per heavy atom. The minimum absolute atomic E-state index is 0.106. The fourth-order valence-corrected chi connectivity index (χ4v) is 3.23. The van der Waals surface area contributed by atoms with Crippen molar-refractivity contribution in [2.45, 2.75) is 46.1 Å². The van der Waals surface area contributed by atoms with Crippen LogP contribution in [0.15, 0.2) is 30.3 Å². The van der Waals surface area contributed by atoms with E-state index < -0.39 is 0 Å². The van der Waals surface area contributed by atoms with Gasteiger partial charge in [0.1, 0.15) is 0 Å². The summed E-state index contributed by atoms with van der Waals surface area (Å²) in [6.45, 7) is 8.34. The Bertz CT molecular complexity index is 436. The molecule has 1 aliphatic heterocycles. The topological polar surface area (TPSA) is 32.3 Å². The molecule has 3 unspecified atom stereocenters. The Hall–Kier alpha value is -1.51. The van der Waals surface area contributed by atoms with Crippen molar-refractivity contribution in [3.63, 3.8) is 0 Å². The van der Waals surface area contributed by atoms with E-state index in [-0.39, 0.29) is 12.1 Å². The number of carbonyl (C=O) groups is 1. The second-order valence-electron chi connectivity index (χ2n) is 6.73. The summed E-state index contributed by atoms with van der Waals surface area (Å²) in [4.78, 5) is 14.3. The highest BCUT2D eigenvalue weighted by Gasteiger charge is 2.25. The fourth-order valence-electron chi connectivity index (χ4n) is 3.23. The van der Waals surface area contributed by atoms with Crippen LogP contribution in [0.25, 0.3) is 0 Å². The normalized spacial score (nSPS) is 23.7. The minimum Gasteiger partial charge on any atom is -0.336 e. The van der Waals surface area contributed by atoms with Crippen LogP contribution >= 0.6 is 0 Å². The van der Waals surface area contributed by atoms with E-state index in [4.69, 9.17) is 0 Å². The molecule has 1 fully saturated rings. The smallest absolute Gasteiger partial charge is 0.317 e. The summed E-state index contributed by atoms with van der Waals surface area (Å²) in [5.74, 6) is 1.22. The van der Waals surface area contributed by atoms with Gasteiger partial charge in [0.2, 0.25) is 0 Å². The van der Waals surface area contributed by atoms with Gasteiger partial charge in [0.25, 0.3) is 0 Å². The molecule has 1 saturated heterocycles. The number of amides is 2. The monoisotopic (exact) mass is 288 g/mol. The Kier molecular flexibility index (Phi) is 5.66. The van der Waals surface area contributed by atoms with Gasteiger partial charge in [-0.05, 0) is 43.6 Å². The lowest BCUT2D eigenvalue weighted by atomic mass is 9.92. The maximum Gasteiger partial charge on any atom is 0.317 e. The summed E-state index contributed by atoms with van der Waals surface area (Å²) in [6, 6.07) is 10.8. The summed E-state index contributed by atoms with van der Waals surface area (Å²) in [5, 5.41) is 3.15. The van der Waals surface area contributed by atoms with Gasteiger partial charge in [0.05, 0.1) is 0 Å². The molecule has 0 bridgehead atoms. The average Bonchev–Trinajstić information content (AvgIpc) is 2.45. The number of nitrogens with zero attached hydrogens (tertiary/aromatic N) is 1. The molecule has 0 spiro atoms. The Morgan fingerprint density at radius 1 is 1.24 bits per heavy atom. The third kappa shape index (κ3) is 5.07. The summed E-state index contributed by atoms with van der Waals surface area (Å²) in [5.41, 5.74) is 1.33. The van der Waals surface area contributed by atoms with Gasteiger partial charge in [-0.25, -0.2) is 4.79 Å². The standard InChI is InChI=1S/C18H28N2O/c1-14-11-15(2)13-20(12-14)18(21)19-16(3)9-10-17-7-5-4-6-8-17/h4-8,14-16H,9-13H2,1-3H3,(H,19,21). The molecule has 2 rings (SSSR count). The lowest BCUT2D eigenvalue weighted by molar-refractivity contribution is 0.143. The maximum atomic E-state index is 12.3. The van der Waals surface area contributed by atoms with Crippen LogP contribution in [0.5, 0.6) is 0 Å². The number of rotatable bonds is 4. The molecule has 21 heavy (non-hydrogen) atoms. The zero-order valence-electron chi connectivity index (χ0n) is 13.5. The van der Waals surface area contributed by atoms with Gasteiger partial charge in [0.15, 0.2) is 0 Å². The molecule has 3 heteroatoms. The molecule has 116 valence electrons. The summed E-state index contributed by atoms with van der Waals surface area (Å²) in [6.07, 6.45) is 3.22. The van der Waals surface area contributed by atoms with E-state index in [0.717, 1.165) is 25.9 Å². The van der Waals surface area contributed by atoms with Crippen molar-refractivity contribution in [3.8, 4) is 0 Å². The van der Waals surface area contributed by atoms with Gasteiger partial charge in [-0.15, -0.1) is 0 Å². The van der Waals surface area contributed by atoms with E-state index in [0.29, 0.717) is 11.8 Å². The number of hydrogen-bond donors (Lipinski definition) is 1. The van der Waals surface area contributed by atoms with E-state index in [9.17, 15) is 4.79 Å². The maximum absolute atomic E-state index is 12.3. The van der Waals surface area contributed by atoms with E-state index in [1.807, 2.05) is 11.0 Å². The van der Waals surface area contributed by atoms with Gasteiger partial charge in [0, 0.05) is 19.1 Å². The number of piperidine rings is 1. The van der Waals surface area contributed by atoms with Gasteiger partial charge in [-0.3, -0.25) is 0 Å². The Labute approximate surface area is 128 Å². The van der Waals surface area contributed by atoms with Gasteiger partial charge >= 0.3 is 6.03 Å². The lowest BCUT2D eigenvalue weighted by Gasteiger charge is -2.35. The molecule has 3 atom stereocenters. The van der Waals surface area contributed by atoms with Crippen LogP contribution in [0.4, 0.5) is 4.79 Å². The molecular formula is C18H28N2O. The highest BCUT2D eigenvalue weighted by molar-refractivity contribution is 5.74. The lowest BCUT2D eigenvalue weighted by Crippen LogP contribution is -2.49. The van der Waals surface area contributed by atoms with Crippen molar-refractivity contribution >= 4 is 6.03 Å². The third-order valence-electron chi connectivity index (χ3n) is 4.23. The Balaban J connectivity index is 1.76. The molecular weight excluding hydrogens is 260 g/mol.